The molecule has 0 bridgehead atoms. The second-order valence-electron chi connectivity index (χ2n) is 19.3. The number of aryl methyl sites for hydroxylation is 1. The summed E-state index contributed by atoms with van der Waals surface area (Å²) in [5.74, 6) is 0. The molecule has 0 spiro atoms. The van der Waals surface area contributed by atoms with Crippen LogP contribution in [0.25, 0.3) is 55.4 Å². The predicted molar refractivity (Wildman–Crippen MR) is 282 cm³/mol. The molecule has 0 atom stereocenters. The Balaban J connectivity index is 0.889. The lowest BCUT2D eigenvalue weighted by molar-refractivity contribution is 0.631. The molecule has 0 fully saturated rings. The summed E-state index contributed by atoms with van der Waals surface area (Å²) < 4.78 is 0. The number of hydrogen-bond acceptors (Lipinski definition) is 3. The van der Waals surface area contributed by atoms with Crippen molar-refractivity contribution >= 4 is 44.9 Å². The van der Waals surface area contributed by atoms with Crippen LogP contribution < -0.4 is 9.80 Å². The fourth-order valence-electron chi connectivity index (χ4n) is 10.9. The maximum absolute atomic E-state index is 5.67. The average molecular weight is 862 g/mol. The van der Waals surface area contributed by atoms with E-state index in [4.69, 9.17) is 4.98 Å². The number of benzene rings is 9. The SMILES string of the molecule is Cc1ccc(N(c2ccccc2)c2ccc3c(c2)C(C)(C)c2nc4c(cc2-3)C(C)(C)c2cc(-c3ccc(-c5ccc(N(c6ccccc6)c6ccccc6)cc5)c5ccccc35)ccc2-4)cc1. The Kier molecular flexibility index (Phi) is 9.41. The van der Waals surface area contributed by atoms with Crippen molar-refractivity contribution in [3.8, 4) is 44.6 Å². The number of rotatable bonds is 8. The lowest BCUT2D eigenvalue weighted by Gasteiger charge is -2.28. The van der Waals surface area contributed by atoms with Gasteiger partial charge in [0.2, 0.25) is 0 Å². The normalized spacial score (nSPS) is 13.7. The zero-order valence-electron chi connectivity index (χ0n) is 38.6. The van der Waals surface area contributed by atoms with E-state index in [0.717, 1.165) is 45.5 Å². The van der Waals surface area contributed by atoms with Crippen molar-refractivity contribution in [3.05, 3.63) is 246 Å². The Bertz CT molecular complexity index is 3460. The van der Waals surface area contributed by atoms with Crippen LogP contribution in [0.4, 0.5) is 34.1 Å². The van der Waals surface area contributed by atoms with Gasteiger partial charge in [0.15, 0.2) is 0 Å². The number of fused-ring (bicyclic) bond motifs is 7. The van der Waals surface area contributed by atoms with Crippen molar-refractivity contribution in [2.24, 2.45) is 0 Å². The summed E-state index contributed by atoms with van der Waals surface area (Å²) >= 11 is 0. The summed E-state index contributed by atoms with van der Waals surface area (Å²) in [6.45, 7) is 11.6. The fraction of sp³-hybridized carbons (Fsp3) is 0.109. The Labute approximate surface area is 394 Å². The Hall–Kier alpha value is -8.01. The second-order valence-corrected chi connectivity index (χ2v) is 19.3. The zero-order valence-corrected chi connectivity index (χ0v) is 38.6. The van der Waals surface area contributed by atoms with E-state index in [9.17, 15) is 0 Å². The van der Waals surface area contributed by atoms with Gasteiger partial charge in [-0.25, -0.2) is 0 Å². The highest BCUT2D eigenvalue weighted by Gasteiger charge is 2.43. The number of aromatic nitrogens is 1. The summed E-state index contributed by atoms with van der Waals surface area (Å²) in [6.07, 6.45) is 0. The monoisotopic (exact) mass is 861 g/mol. The van der Waals surface area contributed by atoms with Gasteiger partial charge in [-0.05, 0) is 147 Å². The standard InChI is InChI=1S/C64H51N3/c1-42-25-30-48(31-26-42)67(47-21-13-8-14-22-47)50-34-36-55-57-41-60-61(65-62(57)64(4,5)59(55)40-50)56-35-29-44(39-58(56)63(60,2)3)52-38-37-51(53-23-15-16-24-54(52)53)43-27-32-49(33-28-43)66(45-17-9-6-10-18-45)46-19-11-7-12-20-46/h6-41H,1-5H3. The number of para-hydroxylation sites is 3. The smallest absolute Gasteiger partial charge is 0.0750 e. The van der Waals surface area contributed by atoms with Gasteiger partial charge in [0, 0.05) is 56.1 Å². The summed E-state index contributed by atoms with van der Waals surface area (Å²) in [5, 5.41) is 2.49. The molecule has 1 aromatic heterocycles. The molecule has 10 aromatic rings. The molecule has 67 heavy (non-hydrogen) atoms. The van der Waals surface area contributed by atoms with Crippen molar-refractivity contribution in [1.29, 1.82) is 0 Å². The quantitative estimate of drug-likeness (QED) is 0.152. The lowest BCUT2D eigenvalue weighted by Crippen LogP contribution is -2.19. The summed E-state index contributed by atoms with van der Waals surface area (Å²) in [7, 11) is 0. The fourth-order valence-corrected chi connectivity index (χ4v) is 10.9. The predicted octanol–water partition coefficient (Wildman–Crippen LogP) is 17.4. The van der Waals surface area contributed by atoms with Crippen LogP contribution in [0.5, 0.6) is 0 Å². The van der Waals surface area contributed by atoms with Crippen LogP contribution in [-0.2, 0) is 10.8 Å². The summed E-state index contributed by atoms with van der Waals surface area (Å²) in [6, 6.07) is 79.7. The van der Waals surface area contributed by atoms with E-state index >= 15 is 0 Å². The molecule has 0 saturated heterocycles. The first-order valence-electron chi connectivity index (χ1n) is 23.5. The first-order valence-corrected chi connectivity index (χ1v) is 23.5. The maximum Gasteiger partial charge on any atom is 0.0750 e. The highest BCUT2D eigenvalue weighted by molar-refractivity contribution is 6.05. The molecule has 12 rings (SSSR count). The number of pyridine rings is 1. The third-order valence-electron chi connectivity index (χ3n) is 14.5. The van der Waals surface area contributed by atoms with Gasteiger partial charge in [0.05, 0.1) is 11.4 Å². The van der Waals surface area contributed by atoms with E-state index in [0.29, 0.717) is 0 Å². The molecule has 1 heterocycles. The highest BCUT2D eigenvalue weighted by Crippen LogP contribution is 2.56. The lowest BCUT2D eigenvalue weighted by atomic mass is 9.80. The summed E-state index contributed by atoms with van der Waals surface area (Å²) in [4.78, 5) is 10.3. The molecular weight excluding hydrogens is 811 g/mol. The number of hydrogen-bond donors (Lipinski definition) is 0. The molecule has 0 aliphatic heterocycles. The van der Waals surface area contributed by atoms with Crippen LogP contribution in [-0.4, -0.2) is 4.98 Å². The topological polar surface area (TPSA) is 19.4 Å². The van der Waals surface area contributed by atoms with Crippen LogP contribution in [0.3, 0.4) is 0 Å². The first kappa shape index (κ1) is 40.5. The molecular formula is C64H51N3. The van der Waals surface area contributed by atoms with Gasteiger partial charge in [-0.1, -0.05) is 167 Å². The second kappa shape index (κ2) is 15.6. The van der Waals surface area contributed by atoms with E-state index in [-0.39, 0.29) is 10.8 Å². The van der Waals surface area contributed by atoms with Crippen LogP contribution in [0.15, 0.2) is 218 Å². The van der Waals surface area contributed by atoms with Gasteiger partial charge in [0.1, 0.15) is 0 Å². The molecule has 3 heteroatoms. The van der Waals surface area contributed by atoms with Gasteiger partial charge >= 0.3 is 0 Å². The van der Waals surface area contributed by atoms with Crippen LogP contribution >= 0.6 is 0 Å². The molecule has 322 valence electrons. The van der Waals surface area contributed by atoms with E-state index < -0.39 is 0 Å². The zero-order chi connectivity index (χ0) is 45.4. The third-order valence-corrected chi connectivity index (χ3v) is 14.5. The van der Waals surface area contributed by atoms with E-state index in [1.807, 2.05) is 0 Å². The van der Waals surface area contributed by atoms with Gasteiger partial charge < -0.3 is 9.80 Å². The van der Waals surface area contributed by atoms with E-state index in [1.54, 1.807) is 0 Å². The minimum Gasteiger partial charge on any atom is -0.311 e. The Morgan fingerprint density at radius 1 is 0.328 bits per heavy atom. The molecule has 0 radical (unpaired) electrons. The van der Waals surface area contributed by atoms with Crippen molar-refractivity contribution in [2.75, 3.05) is 9.80 Å². The van der Waals surface area contributed by atoms with Gasteiger partial charge in [-0.2, -0.15) is 0 Å². The van der Waals surface area contributed by atoms with Crippen molar-refractivity contribution in [1.82, 2.24) is 4.98 Å². The van der Waals surface area contributed by atoms with E-state index in [1.165, 1.54) is 72.0 Å². The molecule has 0 unspecified atom stereocenters. The van der Waals surface area contributed by atoms with Gasteiger partial charge in [0.25, 0.3) is 0 Å². The Morgan fingerprint density at radius 3 is 1.34 bits per heavy atom. The molecule has 2 aliphatic rings. The first-order chi connectivity index (χ1) is 32.6. The maximum atomic E-state index is 5.67. The van der Waals surface area contributed by atoms with Gasteiger partial charge in [-0.15, -0.1) is 0 Å². The minimum absolute atomic E-state index is 0.240. The van der Waals surface area contributed by atoms with Crippen LogP contribution in [0.1, 0.15) is 55.6 Å². The third kappa shape index (κ3) is 6.60. The molecule has 3 nitrogen and oxygen atoms in total. The average Bonchev–Trinajstić information content (AvgIpc) is 3.73. The van der Waals surface area contributed by atoms with Crippen molar-refractivity contribution < 1.29 is 0 Å². The largest absolute Gasteiger partial charge is 0.311 e. The van der Waals surface area contributed by atoms with Crippen LogP contribution in [0, 0.1) is 6.92 Å². The number of nitrogens with zero attached hydrogens (tertiary/aromatic N) is 3. The molecule has 2 aliphatic carbocycles. The molecule has 9 aromatic carbocycles. The van der Waals surface area contributed by atoms with Crippen molar-refractivity contribution in [2.45, 2.75) is 45.4 Å². The van der Waals surface area contributed by atoms with Crippen LogP contribution in [0.2, 0.25) is 0 Å². The van der Waals surface area contributed by atoms with Crippen molar-refractivity contribution in [3.63, 3.8) is 0 Å². The molecule has 0 saturated carbocycles. The summed E-state index contributed by atoms with van der Waals surface area (Å²) in [5.41, 5.74) is 22.3. The molecule has 0 amide bonds. The Morgan fingerprint density at radius 2 is 0.761 bits per heavy atom. The number of anilines is 6. The highest BCUT2D eigenvalue weighted by atomic mass is 15.1. The van der Waals surface area contributed by atoms with Gasteiger partial charge in [-0.3, -0.25) is 4.98 Å². The minimum atomic E-state index is -0.289. The van der Waals surface area contributed by atoms with E-state index in [2.05, 4.69) is 263 Å². The molecule has 0 N–H and O–H groups in total.